The van der Waals surface area contributed by atoms with Gasteiger partial charge in [-0.05, 0) is 50.1 Å². The van der Waals surface area contributed by atoms with E-state index in [1.165, 1.54) is 6.07 Å². The van der Waals surface area contributed by atoms with E-state index >= 15 is 0 Å². The maximum Gasteiger partial charge on any atom is 0.167 e. The second-order valence-corrected chi connectivity index (χ2v) is 7.27. The minimum atomic E-state index is -0.403. The lowest BCUT2D eigenvalue weighted by Gasteiger charge is -2.18. The third-order valence-electron chi connectivity index (χ3n) is 4.12. The average Bonchev–Trinajstić information content (AvgIpc) is 2.65. The van der Waals surface area contributed by atoms with Crippen LogP contribution in [0.1, 0.15) is 30.4 Å². The molecule has 0 fully saturated rings. The Labute approximate surface area is 172 Å². The molecule has 0 bridgehead atoms. The van der Waals surface area contributed by atoms with E-state index < -0.39 is 5.82 Å². The summed E-state index contributed by atoms with van der Waals surface area (Å²) in [4.78, 5) is 0. The summed E-state index contributed by atoms with van der Waals surface area (Å²) < 4.78 is 26.3. The number of halogens is 3. The average molecular weight is 461 g/mol. The predicted octanol–water partition coefficient (Wildman–Crippen LogP) is 5.08. The first-order valence-corrected chi connectivity index (χ1v) is 9.98. The normalized spacial score (nSPS) is 10.9. The lowest BCUT2D eigenvalue weighted by atomic mass is 10.1. The highest BCUT2D eigenvalue weighted by molar-refractivity contribution is 9.10. The van der Waals surface area contributed by atoms with Gasteiger partial charge in [-0.3, -0.25) is 0 Å². The van der Waals surface area contributed by atoms with Crippen LogP contribution in [-0.4, -0.2) is 25.4 Å². The fourth-order valence-corrected chi connectivity index (χ4v) is 3.30. The highest BCUT2D eigenvalue weighted by Crippen LogP contribution is 2.37. The SMILES string of the molecule is COc1ccc(Br)c(CNCCCCCO)c1OCc1c(F)cccc1Cl. The van der Waals surface area contributed by atoms with Crippen LogP contribution in [-0.2, 0) is 13.2 Å². The highest BCUT2D eigenvalue weighted by atomic mass is 79.9. The van der Waals surface area contributed by atoms with Crippen LogP contribution in [0.25, 0.3) is 0 Å². The molecule has 0 aliphatic carbocycles. The Hall–Kier alpha value is -1.34. The summed E-state index contributed by atoms with van der Waals surface area (Å²) in [5.74, 6) is 0.719. The van der Waals surface area contributed by atoms with Crippen molar-refractivity contribution in [3.05, 3.63) is 56.8 Å². The molecule has 0 radical (unpaired) electrons. The summed E-state index contributed by atoms with van der Waals surface area (Å²) in [5.41, 5.74) is 1.20. The Bertz CT molecular complexity index is 725. The number of benzene rings is 2. The van der Waals surface area contributed by atoms with Gasteiger partial charge in [-0.1, -0.05) is 33.6 Å². The van der Waals surface area contributed by atoms with Crippen LogP contribution in [0.5, 0.6) is 11.5 Å². The second-order valence-electron chi connectivity index (χ2n) is 6.01. The van der Waals surface area contributed by atoms with Gasteiger partial charge >= 0.3 is 0 Å². The van der Waals surface area contributed by atoms with Crippen molar-refractivity contribution < 1.29 is 19.0 Å². The van der Waals surface area contributed by atoms with Gasteiger partial charge in [0.15, 0.2) is 11.5 Å². The molecular weight excluding hydrogens is 437 g/mol. The largest absolute Gasteiger partial charge is 0.493 e. The van der Waals surface area contributed by atoms with Crippen LogP contribution in [0.15, 0.2) is 34.8 Å². The number of hydrogen-bond donors (Lipinski definition) is 2. The van der Waals surface area contributed by atoms with Gasteiger partial charge in [0.1, 0.15) is 12.4 Å². The first kappa shape index (κ1) is 22.0. The molecule has 148 valence electrons. The van der Waals surface area contributed by atoms with Crippen molar-refractivity contribution in [2.45, 2.75) is 32.4 Å². The molecule has 0 heterocycles. The third-order valence-corrected chi connectivity index (χ3v) is 5.22. The minimum Gasteiger partial charge on any atom is -0.493 e. The molecule has 0 aliphatic rings. The van der Waals surface area contributed by atoms with Gasteiger partial charge in [0, 0.05) is 28.8 Å². The molecule has 0 spiro atoms. The van der Waals surface area contributed by atoms with Crippen molar-refractivity contribution in [3.8, 4) is 11.5 Å². The van der Waals surface area contributed by atoms with E-state index in [1.54, 1.807) is 25.3 Å². The summed E-state index contributed by atoms with van der Waals surface area (Å²) in [6.07, 6.45) is 2.75. The van der Waals surface area contributed by atoms with Crippen molar-refractivity contribution >= 4 is 27.5 Å². The van der Waals surface area contributed by atoms with Crippen molar-refractivity contribution in [2.24, 2.45) is 0 Å². The summed E-state index contributed by atoms with van der Waals surface area (Å²) in [5, 5.41) is 12.5. The fraction of sp³-hybridized carbons (Fsp3) is 0.400. The number of aliphatic hydroxyl groups excluding tert-OH is 1. The first-order chi connectivity index (χ1) is 13.1. The maximum atomic E-state index is 14.0. The molecule has 7 heteroatoms. The zero-order chi connectivity index (χ0) is 19.6. The van der Waals surface area contributed by atoms with Crippen LogP contribution in [0.4, 0.5) is 4.39 Å². The van der Waals surface area contributed by atoms with Crippen molar-refractivity contribution in [2.75, 3.05) is 20.3 Å². The van der Waals surface area contributed by atoms with E-state index in [9.17, 15) is 4.39 Å². The molecule has 2 rings (SSSR count). The lowest BCUT2D eigenvalue weighted by Crippen LogP contribution is -2.16. The van der Waals surface area contributed by atoms with E-state index in [0.717, 1.165) is 35.8 Å². The Balaban J connectivity index is 2.12. The zero-order valence-electron chi connectivity index (χ0n) is 15.2. The Morgan fingerprint density at radius 2 is 1.96 bits per heavy atom. The molecule has 0 saturated carbocycles. The van der Waals surface area contributed by atoms with Crippen LogP contribution in [0, 0.1) is 5.82 Å². The van der Waals surface area contributed by atoms with Gasteiger partial charge in [0.05, 0.1) is 12.1 Å². The summed E-state index contributed by atoms with van der Waals surface area (Å²) >= 11 is 9.64. The quantitative estimate of drug-likeness (QED) is 0.459. The molecule has 2 aromatic carbocycles. The van der Waals surface area contributed by atoms with Gasteiger partial charge in [-0.25, -0.2) is 4.39 Å². The zero-order valence-corrected chi connectivity index (χ0v) is 17.6. The minimum absolute atomic E-state index is 0.00181. The Kier molecular flexibility index (Phi) is 9.34. The molecule has 0 saturated heterocycles. The second kappa shape index (κ2) is 11.5. The monoisotopic (exact) mass is 459 g/mol. The molecule has 0 aliphatic heterocycles. The molecular formula is C20H24BrClFNO3. The van der Waals surface area contributed by atoms with E-state index in [4.69, 9.17) is 26.2 Å². The fourth-order valence-electron chi connectivity index (χ4n) is 2.63. The van der Waals surface area contributed by atoms with Gasteiger partial charge in [0.2, 0.25) is 0 Å². The molecule has 4 nitrogen and oxygen atoms in total. The molecule has 0 amide bonds. The number of nitrogens with one attached hydrogen (secondary N) is 1. The Morgan fingerprint density at radius 1 is 1.15 bits per heavy atom. The van der Waals surface area contributed by atoms with Crippen molar-refractivity contribution in [1.82, 2.24) is 5.32 Å². The number of methoxy groups -OCH3 is 1. The number of rotatable bonds is 11. The van der Waals surface area contributed by atoms with Crippen LogP contribution >= 0.6 is 27.5 Å². The van der Waals surface area contributed by atoms with Crippen molar-refractivity contribution in [1.29, 1.82) is 0 Å². The first-order valence-electron chi connectivity index (χ1n) is 8.81. The van der Waals surface area contributed by atoms with Gasteiger partial charge in [0.25, 0.3) is 0 Å². The summed E-state index contributed by atoms with van der Waals surface area (Å²) in [6.45, 7) is 1.61. The number of unbranched alkanes of at least 4 members (excludes halogenated alkanes) is 2. The van der Waals surface area contributed by atoms with E-state index in [0.29, 0.717) is 28.6 Å². The highest BCUT2D eigenvalue weighted by Gasteiger charge is 2.16. The van der Waals surface area contributed by atoms with Gasteiger partial charge in [-0.2, -0.15) is 0 Å². The van der Waals surface area contributed by atoms with Crippen LogP contribution in [0.2, 0.25) is 5.02 Å². The standard InChI is InChI=1S/C20H24BrClFNO3/c1-26-19-9-8-16(21)14(12-24-10-3-2-4-11-25)20(19)27-13-15-17(22)6-5-7-18(15)23/h5-9,24-25H,2-4,10-13H2,1H3. The van der Waals surface area contributed by atoms with E-state index in [2.05, 4.69) is 21.2 Å². The number of hydrogen-bond acceptors (Lipinski definition) is 4. The predicted molar refractivity (Wildman–Crippen MR) is 109 cm³/mol. The lowest BCUT2D eigenvalue weighted by molar-refractivity contribution is 0.275. The van der Waals surface area contributed by atoms with Gasteiger partial charge in [-0.15, -0.1) is 0 Å². The number of ether oxygens (including phenoxy) is 2. The molecule has 0 aromatic heterocycles. The molecule has 0 atom stereocenters. The topological polar surface area (TPSA) is 50.7 Å². The van der Waals surface area contributed by atoms with Crippen LogP contribution < -0.4 is 14.8 Å². The Morgan fingerprint density at radius 3 is 2.67 bits per heavy atom. The summed E-state index contributed by atoms with van der Waals surface area (Å²) in [7, 11) is 1.57. The molecule has 2 aromatic rings. The third kappa shape index (κ3) is 6.35. The molecule has 27 heavy (non-hydrogen) atoms. The maximum absolute atomic E-state index is 14.0. The van der Waals surface area contributed by atoms with E-state index in [1.807, 2.05) is 6.07 Å². The summed E-state index contributed by atoms with van der Waals surface area (Å²) in [6, 6.07) is 8.25. The number of aliphatic hydroxyl groups is 1. The van der Waals surface area contributed by atoms with E-state index in [-0.39, 0.29) is 13.2 Å². The van der Waals surface area contributed by atoms with Crippen molar-refractivity contribution in [3.63, 3.8) is 0 Å². The van der Waals surface area contributed by atoms with Gasteiger partial charge < -0.3 is 19.9 Å². The molecule has 0 unspecified atom stereocenters. The van der Waals surface area contributed by atoms with Crippen LogP contribution in [0.3, 0.4) is 0 Å². The molecule has 2 N–H and O–H groups in total. The smallest absolute Gasteiger partial charge is 0.167 e.